The maximum Gasteiger partial charge on any atom is 0.255 e. The summed E-state index contributed by atoms with van der Waals surface area (Å²) in [6, 6.07) is 12.2. The van der Waals surface area contributed by atoms with Gasteiger partial charge in [0, 0.05) is 29.9 Å². The van der Waals surface area contributed by atoms with Crippen LogP contribution >= 0.6 is 0 Å². The highest BCUT2D eigenvalue weighted by molar-refractivity contribution is 6.05. The topological polar surface area (TPSA) is 58.6 Å². The summed E-state index contributed by atoms with van der Waals surface area (Å²) in [6.07, 6.45) is 0. The highest BCUT2D eigenvalue weighted by atomic mass is 16.5. The van der Waals surface area contributed by atoms with E-state index in [1.165, 1.54) is 0 Å². The van der Waals surface area contributed by atoms with Crippen LogP contribution in [0.4, 0.5) is 5.69 Å². The Morgan fingerprint density at radius 3 is 2.16 bits per heavy atom. The van der Waals surface area contributed by atoms with Crippen molar-refractivity contribution in [1.29, 1.82) is 0 Å². The van der Waals surface area contributed by atoms with Crippen LogP contribution in [-0.4, -0.2) is 36.9 Å². The fourth-order valence-corrected chi connectivity index (χ4v) is 2.55. The molecule has 2 amide bonds. The summed E-state index contributed by atoms with van der Waals surface area (Å²) in [6.45, 7) is 7.16. The van der Waals surface area contributed by atoms with Gasteiger partial charge >= 0.3 is 0 Å². The van der Waals surface area contributed by atoms with Gasteiger partial charge in [-0.3, -0.25) is 9.59 Å². The van der Waals surface area contributed by atoms with Gasteiger partial charge in [0.2, 0.25) is 0 Å². The van der Waals surface area contributed by atoms with Crippen LogP contribution in [0.25, 0.3) is 0 Å². The molecule has 0 aromatic heterocycles. The van der Waals surface area contributed by atoms with E-state index in [0.29, 0.717) is 35.7 Å². The van der Waals surface area contributed by atoms with Crippen LogP contribution in [0.1, 0.15) is 40.1 Å². The molecule has 5 heteroatoms. The number of nitrogens with one attached hydrogen (secondary N) is 1. The molecule has 132 valence electrons. The minimum Gasteiger partial charge on any atom is -0.496 e. The SMILES string of the molecule is CCN(CC)C(=O)c1ccc(NC(=O)c2ccc(C)c(OC)c2)cc1. The van der Waals surface area contributed by atoms with Gasteiger partial charge < -0.3 is 15.0 Å². The van der Waals surface area contributed by atoms with Gasteiger partial charge in [0.25, 0.3) is 11.8 Å². The zero-order valence-electron chi connectivity index (χ0n) is 15.1. The molecule has 0 bridgehead atoms. The minimum atomic E-state index is -0.221. The molecular formula is C20H24N2O3. The highest BCUT2D eigenvalue weighted by Crippen LogP contribution is 2.20. The van der Waals surface area contributed by atoms with Crippen molar-refractivity contribution in [2.24, 2.45) is 0 Å². The average molecular weight is 340 g/mol. The Kier molecular flexibility index (Phi) is 6.17. The molecule has 0 heterocycles. The Balaban J connectivity index is 2.10. The molecule has 0 unspecified atom stereocenters. The summed E-state index contributed by atoms with van der Waals surface area (Å²) in [5, 5.41) is 2.83. The number of rotatable bonds is 6. The average Bonchev–Trinajstić information content (AvgIpc) is 2.63. The maximum atomic E-state index is 12.4. The predicted octanol–water partition coefficient (Wildman–Crippen LogP) is 3.74. The first kappa shape index (κ1) is 18.5. The Bertz CT molecular complexity index is 750. The minimum absolute atomic E-state index is 0.00820. The first-order valence-electron chi connectivity index (χ1n) is 8.35. The monoisotopic (exact) mass is 340 g/mol. The van der Waals surface area contributed by atoms with E-state index in [1.54, 1.807) is 48.4 Å². The quantitative estimate of drug-likeness (QED) is 0.871. The molecule has 0 radical (unpaired) electrons. The maximum absolute atomic E-state index is 12.4. The molecular weight excluding hydrogens is 316 g/mol. The van der Waals surface area contributed by atoms with Gasteiger partial charge in [0.15, 0.2) is 0 Å². The van der Waals surface area contributed by atoms with E-state index < -0.39 is 0 Å². The second kappa shape index (κ2) is 8.33. The van der Waals surface area contributed by atoms with Gasteiger partial charge in [0.05, 0.1) is 7.11 Å². The van der Waals surface area contributed by atoms with Crippen LogP contribution in [0.3, 0.4) is 0 Å². The van der Waals surface area contributed by atoms with Gasteiger partial charge in [0.1, 0.15) is 5.75 Å². The van der Waals surface area contributed by atoms with E-state index in [2.05, 4.69) is 5.32 Å². The Morgan fingerprint density at radius 1 is 1.00 bits per heavy atom. The van der Waals surface area contributed by atoms with Crippen molar-refractivity contribution in [3.8, 4) is 5.75 Å². The number of methoxy groups -OCH3 is 1. The third kappa shape index (κ3) is 4.38. The molecule has 5 nitrogen and oxygen atoms in total. The number of nitrogens with zero attached hydrogens (tertiary/aromatic N) is 1. The van der Waals surface area contributed by atoms with E-state index in [-0.39, 0.29) is 11.8 Å². The van der Waals surface area contributed by atoms with E-state index in [4.69, 9.17) is 4.74 Å². The number of anilines is 1. The zero-order chi connectivity index (χ0) is 18.4. The van der Waals surface area contributed by atoms with Gasteiger partial charge in [-0.05, 0) is 62.7 Å². The Morgan fingerprint density at radius 2 is 1.60 bits per heavy atom. The second-order valence-corrected chi connectivity index (χ2v) is 5.69. The molecule has 0 aliphatic rings. The van der Waals surface area contributed by atoms with Crippen molar-refractivity contribution in [2.45, 2.75) is 20.8 Å². The van der Waals surface area contributed by atoms with Crippen LogP contribution in [0.15, 0.2) is 42.5 Å². The molecule has 25 heavy (non-hydrogen) atoms. The van der Waals surface area contributed by atoms with Gasteiger partial charge in [-0.2, -0.15) is 0 Å². The summed E-state index contributed by atoms with van der Waals surface area (Å²) in [5.41, 5.74) is 2.74. The first-order valence-corrected chi connectivity index (χ1v) is 8.35. The standard InChI is InChI=1S/C20H24N2O3/c1-5-22(6-2)20(24)15-9-11-17(12-10-15)21-19(23)16-8-7-14(3)18(13-16)25-4/h7-13H,5-6H2,1-4H3,(H,21,23). The van der Waals surface area contributed by atoms with Crippen LogP contribution in [0.5, 0.6) is 5.75 Å². The van der Waals surface area contributed by atoms with E-state index in [0.717, 1.165) is 5.56 Å². The Labute approximate surface area is 148 Å². The van der Waals surface area contributed by atoms with Crippen molar-refractivity contribution >= 4 is 17.5 Å². The lowest BCUT2D eigenvalue weighted by Gasteiger charge is -2.18. The number of amides is 2. The number of benzene rings is 2. The van der Waals surface area contributed by atoms with Crippen molar-refractivity contribution in [1.82, 2.24) is 4.90 Å². The lowest BCUT2D eigenvalue weighted by molar-refractivity contribution is 0.0773. The molecule has 0 saturated heterocycles. The van der Waals surface area contributed by atoms with Crippen LogP contribution in [0, 0.1) is 6.92 Å². The Hall–Kier alpha value is -2.82. The van der Waals surface area contributed by atoms with Crippen molar-refractivity contribution in [3.63, 3.8) is 0 Å². The lowest BCUT2D eigenvalue weighted by atomic mass is 10.1. The van der Waals surface area contributed by atoms with Crippen molar-refractivity contribution in [3.05, 3.63) is 59.2 Å². The lowest BCUT2D eigenvalue weighted by Crippen LogP contribution is -2.30. The molecule has 0 aliphatic heterocycles. The smallest absolute Gasteiger partial charge is 0.255 e. The summed E-state index contributed by atoms with van der Waals surface area (Å²) in [5.74, 6) is 0.445. The molecule has 0 spiro atoms. The number of carbonyl (C=O) groups is 2. The van der Waals surface area contributed by atoms with Crippen LogP contribution in [-0.2, 0) is 0 Å². The second-order valence-electron chi connectivity index (χ2n) is 5.69. The number of hydrogen-bond donors (Lipinski definition) is 1. The molecule has 2 rings (SSSR count). The van der Waals surface area contributed by atoms with Gasteiger partial charge in [-0.1, -0.05) is 6.07 Å². The molecule has 2 aromatic carbocycles. The molecule has 2 aromatic rings. The number of hydrogen-bond acceptors (Lipinski definition) is 3. The van der Waals surface area contributed by atoms with Crippen molar-refractivity contribution < 1.29 is 14.3 Å². The molecule has 0 fully saturated rings. The normalized spacial score (nSPS) is 10.2. The number of ether oxygens (including phenoxy) is 1. The molecule has 0 aliphatic carbocycles. The van der Waals surface area contributed by atoms with Crippen LogP contribution < -0.4 is 10.1 Å². The van der Waals surface area contributed by atoms with E-state index >= 15 is 0 Å². The molecule has 1 N–H and O–H groups in total. The van der Waals surface area contributed by atoms with Crippen molar-refractivity contribution in [2.75, 3.05) is 25.5 Å². The van der Waals surface area contributed by atoms with Crippen LogP contribution in [0.2, 0.25) is 0 Å². The van der Waals surface area contributed by atoms with E-state index in [9.17, 15) is 9.59 Å². The van der Waals surface area contributed by atoms with Gasteiger partial charge in [-0.15, -0.1) is 0 Å². The predicted molar refractivity (Wildman–Crippen MR) is 99.4 cm³/mol. The first-order chi connectivity index (χ1) is 12.0. The largest absolute Gasteiger partial charge is 0.496 e. The fraction of sp³-hybridized carbons (Fsp3) is 0.300. The highest BCUT2D eigenvalue weighted by Gasteiger charge is 2.13. The van der Waals surface area contributed by atoms with E-state index in [1.807, 2.05) is 26.8 Å². The summed E-state index contributed by atoms with van der Waals surface area (Å²) in [7, 11) is 1.58. The molecule has 0 atom stereocenters. The number of carbonyl (C=O) groups excluding carboxylic acids is 2. The van der Waals surface area contributed by atoms with Gasteiger partial charge in [-0.25, -0.2) is 0 Å². The third-order valence-electron chi connectivity index (χ3n) is 4.11. The fourth-order valence-electron chi connectivity index (χ4n) is 2.55. The summed E-state index contributed by atoms with van der Waals surface area (Å²) < 4.78 is 5.25. The molecule has 0 saturated carbocycles. The zero-order valence-corrected chi connectivity index (χ0v) is 15.1. The third-order valence-corrected chi connectivity index (χ3v) is 4.11. The number of aryl methyl sites for hydroxylation is 1. The summed E-state index contributed by atoms with van der Waals surface area (Å²) in [4.78, 5) is 26.4. The summed E-state index contributed by atoms with van der Waals surface area (Å²) >= 11 is 0.